The summed E-state index contributed by atoms with van der Waals surface area (Å²) in [5.41, 5.74) is 5.67. The predicted molar refractivity (Wildman–Crippen MR) is 97.3 cm³/mol. The molecule has 2 atom stereocenters. The van der Waals surface area contributed by atoms with Crippen LogP contribution in [-0.4, -0.2) is 31.3 Å². The predicted octanol–water partition coefficient (Wildman–Crippen LogP) is 3.35. The summed E-state index contributed by atoms with van der Waals surface area (Å²) in [7, 11) is 1.58. The normalized spacial score (nSPS) is 25.0. The van der Waals surface area contributed by atoms with E-state index >= 15 is 0 Å². The van der Waals surface area contributed by atoms with Gasteiger partial charge in [-0.1, -0.05) is 13.8 Å². The van der Waals surface area contributed by atoms with E-state index in [0.29, 0.717) is 24.5 Å². The summed E-state index contributed by atoms with van der Waals surface area (Å²) in [6.45, 7) is 6.51. The number of halogens is 2. The molecule has 1 amide bonds. The smallest absolute Gasteiger partial charge is 0.245 e. The lowest BCUT2D eigenvalue weighted by atomic mass is 9.54. The summed E-state index contributed by atoms with van der Waals surface area (Å²) in [5, 5.41) is 2.88. The highest BCUT2D eigenvalue weighted by atomic mass is 79.9. The van der Waals surface area contributed by atoms with E-state index in [0.717, 1.165) is 4.47 Å². The SMILES string of the molecule is CCOC1CC(N)(C(=O)Nc2ccc(Br)c(OC)c2)C1(C)C.Cl. The van der Waals surface area contributed by atoms with Crippen LogP contribution < -0.4 is 15.8 Å². The fourth-order valence-corrected chi connectivity index (χ4v) is 3.21. The number of hydrogen-bond donors (Lipinski definition) is 2. The highest BCUT2D eigenvalue weighted by Gasteiger charge is 2.62. The summed E-state index contributed by atoms with van der Waals surface area (Å²) in [4.78, 5) is 12.6. The van der Waals surface area contributed by atoms with Crippen molar-refractivity contribution in [2.75, 3.05) is 19.0 Å². The number of nitrogens with two attached hydrogens (primary N) is 1. The van der Waals surface area contributed by atoms with Crippen molar-refractivity contribution < 1.29 is 14.3 Å². The molecule has 1 aliphatic carbocycles. The minimum Gasteiger partial charge on any atom is -0.495 e. The van der Waals surface area contributed by atoms with Crippen LogP contribution in [0.3, 0.4) is 0 Å². The van der Waals surface area contributed by atoms with Crippen LogP contribution in [0.25, 0.3) is 0 Å². The van der Waals surface area contributed by atoms with Crippen molar-refractivity contribution in [2.24, 2.45) is 11.1 Å². The van der Waals surface area contributed by atoms with Crippen LogP contribution in [0.1, 0.15) is 27.2 Å². The molecule has 0 heterocycles. The molecule has 3 N–H and O–H groups in total. The Labute approximate surface area is 151 Å². The minimum atomic E-state index is -0.937. The molecule has 23 heavy (non-hydrogen) atoms. The van der Waals surface area contributed by atoms with Gasteiger partial charge < -0.3 is 20.5 Å². The standard InChI is InChI=1S/C16H23BrN2O3.ClH/c1-5-22-13-9-16(18,15(13,2)3)14(20)19-10-6-7-11(17)12(8-10)21-4;/h6-8,13H,5,9,18H2,1-4H3,(H,19,20);1H. The third-order valence-electron chi connectivity index (χ3n) is 4.64. The van der Waals surface area contributed by atoms with Crippen molar-refractivity contribution in [3.63, 3.8) is 0 Å². The van der Waals surface area contributed by atoms with Crippen molar-refractivity contribution >= 4 is 39.9 Å². The van der Waals surface area contributed by atoms with Crippen molar-refractivity contribution in [3.8, 4) is 5.75 Å². The molecule has 1 aliphatic rings. The lowest BCUT2D eigenvalue weighted by Crippen LogP contribution is -2.74. The summed E-state index contributed by atoms with van der Waals surface area (Å²) < 4.78 is 11.7. The largest absolute Gasteiger partial charge is 0.495 e. The first kappa shape index (κ1) is 20.2. The Bertz CT molecular complexity index is 582. The number of methoxy groups -OCH3 is 1. The molecule has 0 spiro atoms. The molecule has 0 aliphatic heterocycles. The van der Waals surface area contributed by atoms with Gasteiger partial charge in [-0.25, -0.2) is 0 Å². The molecule has 5 nitrogen and oxygen atoms in total. The zero-order valence-electron chi connectivity index (χ0n) is 13.8. The highest BCUT2D eigenvalue weighted by molar-refractivity contribution is 9.10. The zero-order valence-corrected chi connectivity index (χ0v) is 16.2. The first-order valence-corrected chi connectivity index (χ1v) is 8.11. The van der Waals surface area contributed by atoms with Crippen molar-refractivity contribution in [1.29, 1.82) is 0 Å². The molecule has 0 radical (unpaired) electrons. The van der Waals surface area contributed by atoms with Crippen LogP contribution in [0.4, 0.5) is 5.69 Å². The Kier molecular flexibility index (Phi) is 6.49. The van der Waals surface area contributed by atoms with Gasteiger partial charge in [-0.2, -0.15) is 0 Å². The molecule has 2 unspecified atom stereocenters. The number of hydrogen-bond acceptors (Lipinski definition) is 4. The Morgan fingerprint density at radius 2 is 2.13 bits per heavy atom. The van der Waals surface area contributed by atoms with Gasteiger partial charge in [-0.05, 0) is 35.0 Å². The molecule has 7 heteroatoms. The maximum atomic E-state index is 12.6. The van der Waals surface area contributed by atoms with E-state index < -0.39 is 11.0 Å². The third-order valence-corrected chi connectivity index (χ3v) is 5.30. The van der Waals surface area contributed by atoms with Gasteiger partial charge in [0, 0.05) is 30.2 Å². The topological polar surface area (TPSA) is 73.6 Å². The van der Waals surface area contributed by atoms with E-state index in [4.69, 9.17) is 15.2 Å². The monoisotopic (exact) mass is 406 g/mol. The fraction of sp³-hybridized carbons (Fsp3) is 0.562. The lowest BCUT2D eigenvalue weighted by molar-refractivity contribution is -0.166. The van der Waals surface area contributed by atoms with Crippen LogP contribution in [-0.2, 0) is 9.53 Å². The summed E-state index contributed by atoms with van der Waals surface area (Å²) in [5.74, 6) is 0.460. The molecule has 0 aromatic heterocycles. The number of nitrogens with one attached hydrogen (secondary N) is 1. The molecular formula is C16H24BrClN2O3. The first-order valence-electron chi connectivity index (χ1n) is 7.31. The van der Waals surface area contributed by atoms with E-state index in [9.17, 15) is 4.79 Å². The Morgan fingerprint density at radius 1 is 1.48 bits per heavy atom. The third kappa shape index (κ3) is 3.50. The van der Waals surface area contributed by atoms with Gasteiger partial charge in [0.1, 0.15) is 11.3 Å². The van der Waals surface area contributed by atoms with Gasteiger partial charge in [0.15, 0.2) is 0 Å². The molecular weight excluding hydrogens is 384 g/mol. The van der Waals surface area contributed by atoms with E-state index in [1.54, 1.807) is 19.2 Å². The van der Waals surface area contributed by atoms with Crippen molar-refractivity contribution in [2.45, 2.75) is 38.8 Å². The molecule has 130 valence electrons. The van der Waals surface area contributed by atoms with Gasteiger partial charge >= 0.3 is 0 Å². The maximum absolute atomic E-state index is 12.6. The van der Waals surface area contributed by atoms with Gasteiger partial charge in [-0.3, -0.25) is 4.79 Å². The average Bonchev–Trinajstić information content (AvgIpc) is 2.48. The van der Waals surface area contributed by atoms with Crippen molar-refractivity contribution in [3.05, 3.63) is 22.7 Å². The molecule has 1 aromatic carbocycles. The van der Waals surface area contributed by atoms with Gasteiger partial charge in [0.2, 0.25) is 5.91 Å². The second kappa shape index (κ2) is 7.38. The number of carbonyl (C=O) groups is 1. The van der Waals surface area contributed by atoms with E-state index in [2.05, 4.69) is 21.2 Å². The molecule has 0 saturated heterocycles. The minimum absolute atomic E-state index is 0. The van der Waals surface area contributed by atoms with E-state index in [-0.39, 0.29) is 24.4 Å². The molecule has 1 aromatic rings. The number of amides is 1. The van der Waals surface area contributed by atoms with Gasteiger partial charge in [-0.15, -0.1) is 12.4 Å². The Morgan fingerprint density at radius 3 is 2.65 bits per heavy atom. The average molecular weight is 408 g/mol. The number of benzene rings is 1. The molecule has 0 bridgehead atoms. The summed E-state index contributed by atoms with van der Waals surface area (Å²) in [6.07, 6.45) is 0.528. The zero-order chi connectivity index (χ0) is 16.5. The molecule has 1 fully saturated rings. The fourth-order valence-electron chi connectivity index (χ4n) is 2.80. The number of ether oxygens (including phenoxy) is 2. The number of carbonyl (C=O) groups excluding carboxylic acids is 1. The Balaban J connectivity index is 0.00000264. The maximum Gasteiger partial charge on any atom is 0.245 e. The number of rotatable bonds is 5. The van der Waals surface area contributed by atoms with E-state index in [1.165, 1.54) is 0 Å². The van der Waals surface area contributed by atoms with Crippen LogP contribution in [0.2, 0.25) is 0 Å². The number of anilines is 1. The van der Waals surface area contributed by atoms with Gasteiger partial charge in [0.05, 0.1) is 17.7 Å². The Hall–Kier alpha value is -0.820. The van der Waals surface area contributed by atoms with Gasteiger partial charge in [0.25, 0.3) is 0 Å². The first-order chi connectivity index (χ1) is 10.3. The quantitative estimate of drug-likeness (QED) is 0.785. The van der Waals surface area contributed by atoms with Crippen LogP contribution >= 0.6 is 28.3 Å². The highest BCUT2D eigenvalue weighted by Crippen LogP contribution is 2.50. The molecule has 1 saturated carbocycles. The molecule has 2 rings (SSSR count). The van der Waals surface area contributed by atoms with E-state index in [1.807, 2.05) is 26.8 Å². The summed E-state index contributed by atoms with van der Waals surface area (Å²) >= 11 is 3.39. The van der Waals surface area contributed by atoms with Crippen molar-refractivity contribution in [1.82, 2.24) is 0 Å². The second-order valence-electron chi connectivity index (χ2n) is 6.14. The summed E-state index contributed by atoms with van der Waals surface area (Å²) in [6, 6.07) is 5.39. The van der Waals surface area contributed by atoms with Crippen LogP contribution in [0, 0.1) is 5.41 Å². The van der Waals surface area contributed by atoms with Crippen LogP contribution in [0.5, 0.6) is 5.75 Å². The lowest BCUT2D eigenvalue weighted by Gasteiger charge is -2.57. The van der Waals surface area contributed by atoms with Crippen LogP contribution in [0.15, 0.2) is 22.7 Å². The second-order valence-corrected chi connectivity index (χ2v) is 7.00.